The van der Waals surface area contributed by atoms with Crippen LogP contribution in [0, 0.1) is 11.8 Å². The van der Waals surface area contributed by atoms with Crippen LogP contribution in [0.1, 0.15) is 68.1 Å². The topological polar surface area (TPSA) is 200 Å². The van der Waals surface area contributed by atoms with Crippen molar-refractivity contribution in [1.82, 2.24) is 35.9 Å². The van der Waals surface area contributed by atoms with Crippen LogP contribution in [0.4, 0.5) is 0 Å². The molecular weight excluding hydrogens is 689 g/mol. The number of nitrogens with one attached hydrogen (secondary N) is 3. The lowest BCUT2D eigenvalue weighted by Gasteiger charge is -2.27. The van der Waals surface area contributed by atoms with E-state index < -0.39 is 35.3 Å². The van der Waals surface area contributed by atoms with Crippen molar-refractivity contribution in [2.24, 2.45) is 16.8 Å². The van der Waals surface area contributed by atoms with Gasteiger partial charge in [0.15, 0.2) is 22.8 Å². The first-order valence-corrected chi connectivity index (χ1v) is 17.6. The van der Waals surface area contributed by atoms with Gasteiger partial charge in [0, 0.05) is 10.9 Å². The Labute approximate surface area is 302 Å². The summed E-state index contributed by atoms with van der Waals surface area (Å²) < 4.78 is 23.5. The fourth-order valence-corrected chi connectivity index (χ4v) is 6.58. The standard InChI is InChI=1S/C36H36N8O7S/c1-7-18(4)25-29(46)41-24(17(2)3)28(45)37-19(5)31-38-22(14-48-31)34-44-36(6,16-50-34)35-40-23(15-52-35)32-39-21(13-49-32)33-43-26(30(47)42-25)27(51-33)20-11-9-8-10-12-20/h8-15,17-18,24-25H,5,7,16H2,1-4,6H3,(H,37,45)(H,41,46)(H,42,47)/t18-,24-,25+,36?/m0/s1. The average molecular weight is 725 g/mol. The Bertz CT molecular complexity index is 2200. The van der Waals surface area contributed by atoms with E-state index in [1.54, 1.807) is 43.5 Å². The van der Waals surface area contributed by atoms with Crippen LogP contribution in [0.2, 0.25) is 0 Å². The molecule has 2 aliphatic heterocycles. The number of carbonyl (C=O) groups excluding carboxylic acids is 3. The molecule has 15 nitrogen and oxygen atoms in total. The van der Waals surface area contributed by atoms with Gasteiger partial charge in [-0.25, -0.2) is 24.9 Å². The molecule has 0 spiro atoms. The molecule has 0 radical (unpaired) electrons. The zero-order valence-electron chi connectivity index (χ0n) is 29.1. The van der Waals surface area contributed by atoms with Gasteiger partial charge < -0.3 is 33.9 Å². The highest BCUT2D eigenvalue weighted by molar-refractivity contribution is 7.10. The predicted molar refractivity (Wildman–Crippen MR) is 190 cm³/mol. The molecule has 7 rings (SSSR count). The van der Waals surface area contributed by atoms with E-state index >= 15 is 0 Å². The fourth-order valence-electron chi connectivity index (χ4n) is 5.70. The number of oxazole rings is 3. The van der Waals surface area contributed by atoms with Crippen LogP contribution < -0.4 is 16.0 Å². The lowest BCUT2D eigenvalue weighted by molar-refractivity contribution is -0.131. The van der Waals surface area contributed by atoms with E-state index in [2.05, 4.69) is 37.5 Å². The third-order valence-electron chi connectivity index (χ3n) is 8.91. The summed E-state index contributed by atoms with van der Waals surface area (Å²) in [5.74, 6) is -1.73. The summed E-state index contributed by atoms with van der Waals surface area (Å²) in [5.41, 5.74) is 0.745. The van der Waals surface area contributed by atoms with E-state index in [4.69, 9.17) is 28.0 Å². The molecule has 10 bridgehead atoms. The predicted octanol–water partition coefficient (Wildman–Crippen LogP) is 5.19. The summed E-state index contributed by atoms with van der Waals surface area (Å²) in [6, 6.07) is 6.97. The highest BCUT2D eigenvalue weighted by Gasteiger charge is 2.39. The Morgan fingerprint density at radius 2 is 1.63 bits per heavy atom. The van der Waals surface area contributed by atoms with Gasteiger partial charge in [-0.2, -0.15) is 0 Å². The van der Waals surface area contributed by atoms with Gasteiger partial charge in [0.05, 0.1) is 5.70 Å². The molecule has 1 unspecified atom stereocenters. The number of ether oxygens (including phenoxy) is 1. The van der Waals surface area contributed by atoms with Crippen molar-refractivity contribution in [3.05, 3.63) is 77.1 Å². The first-order chi connectivity index (χ1) is 24.9. The number of rotatable bonds is 4. The van der Waals surface area contributed by atoms with Gasteiger partial charge in [-0.3, -0.25) is 14.4 Å². The van der Waals surface area contributed by atoms with Crippen molar-refractivity contribution in [3.8, 4) is 34.5 Å². The lowest BCUT2D eigenvalue weighted by atomic mass is 9.96. The second kappa shape index (κ2) is 13.7. The van der Waals surface area contributed by atoms with E-state index in [0.717, 1.165) is 0 Å². The van der Waals surface area contributed by atoms with Gasteiger partial charge in [-0.05, 0) is 18.8 Å². The molecule has 16 heteroatoms. The number of hydrogen-bond acceptors (Lipinski definition) is 13. The van der Waals surface area contributed by atoms with Crippen molar-refractivity contribution in [1.29, 1.82) is 0 Å². The molecule has 0 saturated heterocycles. The van der Waals surface area contributed by atoms with E-state index in [1.807, 2.05) is 26.8 Å². The second-order valence-electron chi connectivity index (χ2n) is 13.2. The van der Waals surface area contributed by atoms with Crippen LogP contribution >= 0.6 is 11.3 Å². The number of aromatic nitrogens is 4. The lowest BCUT2D eigenvalue weighted by Crippen LogP contribution is -2.57. The number of nitrogens with zero attached hydrogens (tertiary/aromatic N) is 5. The molecular formula is C36H36N8O7S. The molecule has 3 amide bonds. The van der Waals surface area contributed by atoms with Crippen LogP contribution in [0.5, 0.6) is 0 Å². The minimum atomic E-state index is -1.03. The first kappa shape index (κ1) is 34.5. The quantitative estimate of drug-likeness (QED) is 0.220. The highest BCUT2D eigenvalue weighted by Crippen LogP contribution is 2.37. The van der Waals surface area contributed by atoms with Gasteiger partial charge in [0.2, 0.25) is 35.4 Å². The maximum atomic E-state index is 14.0. The molecule has 3 N–H and O–H groups in total. The number of carbonyl (C=O) groups is 3. The molecule has 6 heterocycles. The Kier molecular flexibility index (Phi) is 9.08. The summed E-state index contributed by atoms with van der Waals surface area (Å²) in [4.78, 5) is 64.6. The zero-order valence-corrected chi connectivity index (χ0v) is 29.9. The number of fused-ring (bicyclic) bond motifs is 13. The van der Waals surface area contributed by atoms with Gasteiger partial charge in [-0.15, -0.1) is 11.3 Å². The second-order valence-corrected chi connectivity index (χ2v) is 14.0. The molecule has 0 fully saturated rings. The number of aliphatic imine (C=N–C) groups is 1. The highest BCUT2D eigenvalue weighted by atomic mass is 32.1. The van der Waals surface area contributed by atoms with Crippen molar-refractivity contribution >= 4 is 40.7 Å². The Hall–Kier alpha value is -5.90. The number of amides is 3. The van der Waals surface area contributed by atoms with Crippen LogP contribution in [0.25, 0.3) is 40.2 Å². The van der Waals surface area contributed by atoms with Crippen molar-refractivity contribution < 1.29 is 32.4 Å². The Morgan fingerprint density at radius 1 is 0.904 bits per heavy atom. The summed E-state index contributed by atoms with van der Waals surface area (Å²) in [6.07, 6.45) is 3.28. The normalized spacial score (nSPS) is 21.5. The molecule has 5 aromatic rings. The summed E-state index contributed by atoms with van der Waals surface area (Å²) in [7, 11) is 0. The minimum Gasteiger partial charge on any atom is -0.473 e. The van der Waals surface area contributed by atoms with Gasteiger partial charge in [-0.1, -0.05) is 71.0 Å². The molecule has 0 aliphatic carbocycles. The SMILES string of the molecule is C=C1NC(=O)[C@H](C(C)C)NC(=O)[C@@H]([C@@H](C)CC)NC(=O)c2nc(oc2-c2ccccc2)-c2coc(n2)-c2csc(n2)C2(C)COC(=N2)c2coc1n2. The molecule has 4 aromatic heterocycles. The minimum absolute atomic E-state index is 0.0302. The monoisotopic (exact) mass is 724 g/mol. The average Bonchev–Trinajstić information content (AvgIpc) is 3.97. The smallest absolute Gasteiger partial charge is 0.274 e. The van der Waals surface area contributed by atoms with E-state index in [1.165, 1.54) is 23.9 Å². The van der Waals surface area contributed by atoms with Gasteiger partial charge >= 0.3 is 0 Å². The maximum absolute atomic E-state index is 14.0. The van der Waals surface area contributed by atoms with Crippen molar-refractivity contribution in [2.45, 2.75) is 58.7 Å². The van der Waals surface area contributed by atoms with Crippen molar-refractivity contribution in [3.63, 3.8) is 0 Å². The zero-order chi connectivity index (χ0) is 36.7. The van der Waals surface area contributed by atoms with E-state index in [0.29, 0.717) is 28.4 Å². The molecule has 2 aliphatic rings. The fraction of sp³-hybridized carbons (Fsp3) is 0.333. The number of benzene rings is 1. The molecule has 4 atom stereocenters. The third-order valence-corrected chi connectivity index (χ3v) is 10.0. The molecule has 1 aromatic carbocycles. The maximum Gasteiger partial charge on any atom is 0.274 e. The van der Waals surface area contributed by atoms with E-state index in [9.17, 15) is 14.4 Å². The van der Waals surface area contributed by atoms with Crippen LogP contribution in [-0.2, 0) is 19.9 Å². The first-order valence-electron chi connectivity index (χ1n) is 16.7. The summed E-state index contributed by atoms with van der Waals surface area (Å²) >= 11 is 1.36. The molecule has 268 valence electrons. The van der Waals surface area contributed by atoms with Crippen molar-refractivity contribution in [2.75, 3.05) is 6.61 Å². The van der Waals surface area contributed by atoms with Gasteiger partial charge in [0.1, 0.15) is 47.5 Å². The van der Waals surface area contributed by atoms with Crippen LogP contribution in [0.15, 0.2) is 73.1 Å². The van der Waals surface area contributed by atoms with E-state index in [-0.39, 0.29) is 64.9 Å². The largest absolute Gasteiger partial charge is 0.473 e. The molecule has 0 saturated carbocycles. The number of thiazole rings is 1. The molecule has 52 heavy (non-hydrogen) atoms. The number of hydrogen-bond donors (Lipinski definition) is 3. The van der Waals surface area contributed by atoms with Crippen LogP contribution in [0.3, 0.4) is 0 Å². The van der Waals surface area contributed by atoms with Crippen LogP contribution in [-0.4, -0.2) is 62.2 Å². The summed E-state index contributed by atoms with van der Waals surface area (Å²) in [6.45, 7) is 13.3. The Balaban J connectivity index is 1.31. The third kappa shape index (κ3) is 6.52. The Morgan fingerprint density at radius 3 is 2.38 bits per heavy atom. The summed E-state index contributed by atoms with van der Waals surface area (Å²) in [5, 5.41) is 10.8. The van der Waals surface area contributed by atoms with Gasteiger partial charge in [0.25, 0.3) is 5.91 Å².